The molecule has 3 nitrogen and oxygen atoms in total. The van der Waals surface area contributed by atoms with E-state index in [4.69, 9.17) is 4.74 Å². The third-order valence-electron chi connectivity index (χ3n) is 3.59. The Morgan fingerprint density at radius 2 is 1.86 bits per heavy atom. The number of aryl methyl sites for hydroxylation is 2. The molecule has 4 heteroatoms. The van der Waals surface area contributed by atoms with Crippen molar-refractivity contribution < 1.29 is 13.9 Å². The highest BCUT2D eigenvalue weighted by Crippen LogP contribution is 2.25. The zero-order valence-corrected chi connectivity index (χ0v) is 13.1. The first-order chi connectivity index (χ1) is 10.5. The van der Waals surface area contributed by atoms with Crippen molar-refractivity contribution >= 4 is 5.91 Å². The summed E-state index contributed by atoms with van der Waals surface area (Å²) < 4.78 is 18.8. The summed E-state index contributed by atoms with van der Waals surface area (Å²) in [5.41, 5.74) is 3.66. The fraction of sp³-hybridized carbons (Fsp3) is 0.278. The van der Waals surface area contributed by atoms with Gasteiger partial charge in [-0.25, -0.2) is 4.39 Å². The molecular formula is C18H20FNO2. The molecule has 0 unspecified atom stereocenters. The zero-order chi connectivity index (χ0) is 16.1. The van der Waals surface area contributed by atoms with E-state index < -0.39 is 5.82 Å². The van der Waals surface area contributed by atoms with Crippen molar-refractivity contribution in [2.75, 3.05) is 13.2 Å². The summed E-state index contributed by atoms with van der Waals surface area (Å²) in [4.78, 5) is 11.9. The molecule has 2 aromatic carbocycles. The molecule has 0 aromatic heterocycles. The van der Waals surface area contributed by atoms with Crippen LogP contribution in [0.1, 0.15) is 27.0 Å². The van der Waals surface area contributed by atoms with E-state index >= 15 is 0 Å². The minimum Gasteiger partial charge on any atom is -0.491 e. The normalized spacial score (nSPS) is 10.4. The van der Waals surface area contributed by atoms with Crippen LogP contribution >= 0.6 is 0 Å². The van der Waals surface area contributed by atoms with Gasteiger partial charge in [-0.05, 0) is 55.7 Å². The highest BCUT2D eigenvalue weighted by Gasteiger charge is 2.08. The van der Waals surface area contributed by atoms with Crippen molar-refractivity contribution in [2.24, 2.45) is 0 Å². The number of rotatable bonds is 5. The predicted molar refractivity (Wildman–Crippen MR) is 84.9 cm³/mol. The van der Waals surface area contributed by atoms with Crippen molar-refractivity contribution in [3.63, 3.8) is 0 Å². The highest BCUT2D eigenvalue weighted by molar-refractivity contribution is 5.94. The topological polar surface area (TPSA) is 38.3 Å². The van der Waals surface area contributed by atoms with Gasteiger partial charge in [-0.3, -0.25) is 4.79 Å². The van der Waals surface area contributed by atoms with Crippen LogP contribution in [-0.2, 0) is 0 Å². The van der Waals surface area contributed by atoms with Crippen molar-refractivity contribution in [3.05, 3.63) is 64.5 Å². The highest BCUT2D eigenvalue weighted by atomic mass is 19.1. The first kappa shape index (κ1) is 16.0. The lowest BCUT2D eigenvalue weighted by molar-refractivity contribution is 0.0946. The van der Waals surface area contributed by atoms with Crippen molar-refractivity contribution in [2.45, 2.75) is 20.8 Å². The minimum absolute atomic E-state index is 0.305. The number of hydrogen-bond acceptors (Lipinski definition) is 2. The van der Waals surface area contributed by atoms with Crippen LogP contribution in [0.3, 0.4) is 0 Å². The first-order valence-electron chi connectivity index (χ1n) is 7.22. The number of benzene rings is 2. The largest absolute Gasteiger partial charge is 0.491 e. The lowest BCUT2D eigenvalue weighted by atomic mass is 10.1. The summed E-state index contributed by atoms with van der Waals surface area (Å²) >= 11 is 0. The number of carbonyl (C=O) groups excluding carboxylic acids is 1. The Balaban J connectivity index is 1.88. The van der Waals surface area contributed by atoms with Crippen molar-refractivity contribution in [3.8, 4) is 5.75 Å². The Kier molecular flexibility index (Phi) is 5.15. The molecule has 0 fully saturated rings. The molecule has 0 aliphatic rings. The monoisotopic (exact) mass is 301 g/mol. The molecule has 0 aliphatic heterocycles. The molecule has 0 saturated heterocycles. The number of halogens is 1. The predicted octanol–water partition coefficient (Wildman–Crippen LogP) is 3.56. The molecule has 0 bridgehead atoms. The Morgan fingerprint density at radius 3 is 2.59 bits per heavy atom. The number of ether oxygens (including phenoxy) is 1. The second-order valence-corrected chi connectivity index (χ2v) is 5.27. The van der Waals surface area contributed by atoms with E-state index in [2.05, 4.69) is 11.4 Å². The molecule has 0 saturated carbocycles. The van der Waals surface area contributed by atoms with Crippen LogP contribution in [0.15, 0.2) is 36.4 Å². The molecule has 0 spiro atoms. The van der Waals surface area contributed by atoms with Gasteiger partial charge in [0.05, 0.1) is 6.54 Å². The molecule has 0 atom stereocenters. The number of carbonyl (C=O) groups is 1. The molecule has 2 aromatic rings. The summed E-state index contributed by atoms with van der Waals surface area (Å²) in [7, 11) is 0. The zero-order valence-electron chi connectivity index (χ0n) is 13.1. The fourth-order valence-corrected chi connectivity index (χ4v) is 2.20. The van der Waals surface area contributed by atoms with Crippen LogP contribution in [0.5, 0.6) is 5.75 Å². The third-order valence-corrected chi connectivity index (χ3v) is 3.59. The molecule has 1 N–H and O–H groups in total. The van der Waals surface area contributed by atoms with Crippen LogP contribution in [-0.4, -0.2) is 19.1 Å². The average molecular weight is 301 g/mol. The molecular weight excluding hydrogens is 281 g/mol. The quantitative estimate of drug-likeness (QED) is 0.858. The molecule has 1 amide bonds. The van der Waals surface area contributed by atoms with E-state index in [1.165, 1.54) is 23.8 Å². The van der Waals surface area contributed by atoms with Crippen molar-refractivity contribution in [1.82, 2.24) is 5.32 Å². The van der Waals surface area contributed by atoms with E-state index in [1.807, 2.05) is 26.8 Å². The smallest absolute Gasteiger partial charge is 0.251 e. The van der Waals surface area contributed by atoms with Gasteiger partial charge >= 0.3 is 0 Å². The van der Waals surface area contributed by atoms with E-state index in [-0.39, 0.29) is 5.91 Å². The van der Waals surface area contributed by atoms with Gasteiger partial charge in [0.15, 0.2) is 0 Å². The average Bonchev–Trinajstić information content (AvgIpc) is 2.50. The van der Waals surface area contributed by atoms with Gasteiger partial charge in [0.2, 0.25) is 0 Å². The molecule has 22 heavy (non-hydrogen) atoms. The molecule has 0 radical (unpaired) electrons. The lowest BCUT2D eigenvalue weighted by Gasteiger charge is -2.14. The van der Waals surface area contributed by atoms with E-state index in [9.17, 15) is 9.18 Å². The number of nitrogens with one attached hydrogen (secondary N) is 1. The van der Waals surface area contributed by atoms with Gasteiger partial charge in [0, 0.05) is 5.56 Å². The molecule has 2 rings (SSSR count). The van der Waals surface area contributed by atoms with Gasteiger partial charge in [0.1, 0.15) is 18.2 Å². The van der Waals surface area contributed by atoms with Crippen LogP contribution in [0.4, 0.5) is 4.39 Å². The summed E-state index contributed by atoms with van der Waals surface area (Å²) in [6, 6.07) is 9.69. The van der Waals surface area contributed by atoms with Gasteiger partial charge < -0.3 is 10.1 Å². The lowest BCUT2D eigenvalue weighted by Crippen LogP contribution is -2.28. The molecule has 0 heterocycles. The second kappa shape index (κ2) is 7.07. The van der Waals surface area contributed by atoms with Crippen LogP contribution in [0, 0.1) is 26.6 Å². The Hall–Kier alpha value is -2.36. The standard InChI is InChI=1S/C18H20FNO2/c1-12-7-8-13(2)17(14(12)3)22-10-9-20-18(21)15-5-4-6-16(19)11-15/h4-8,11H,9-10H2,1-3H3,(H,20,21). The summed E-state index contributed by atoms with van der Waals surface area (Å²) in [5.74, 6) is 0.135. The second-order valence-electron chi connectivity index (χ2n) is 5.27. The number of amides is 1. The van der Waals surface area contributed by atoms with Crippen LogP contribution in [0.2, 0.25) is 0 Å². The van der Waals surface area contributed by atoms with Crippen LogP contribution in [0.25, 0.3) is 0 Å². The SMILES string of the molecule is Cc1ccc(C)c(OCCNC(=O)c2cccc(F)c2)c1C. The van der Waals surface area contributed by atoms with E-state index in [0.717, 1.165) is 16.9 Å². The third kappa shape index (κ3) is 3.85. The van der Waals surface area contributed by atoms with E-state index in [1.54, 1.807) is 6.07 Å². The van der Waals surface area contributed by atoms with Gasteiger partial charge in [0.25, 0.3) is 5.91 Å². The maximum atomic E-state index is 13.1. The van der Waals surface area contributed by atoms with Gasteiger partial charge in [-0.2, -0.15) is 0 Å². The molecule has 0 aliphatic carbocycles. The maximum Gasteiger partial charge on any atom is 0.251 e. The summed E-state index contributed by atoms with van der Waals surface area (Å²) in [6.45, 7) is 6.78. The minimum atomic E-state index is -0.421. The Morgan fingerprint density at radius 1 is 1.14 bits per heavy atom. The summed E-state index contributed by atoms with van der Waals surface area (Å²) in [6.07, 6.45) is 0. The molecule has 116 valence electrons. The fourth-order valence-electron chi connectivity index (χ4n) is 2.20. The van der Waals surface area contributed by atoms with Gasteiger partial charge in [-0.15, -0.1) is 0 Å². The Labute approximate surface area is 130 Å². The van der Waals surface area contributed by atoms with Crippen molar-refractivity contribution in [1.29, 1.82) is 0 Å². The van der Waals surface area contributed by atoms with Gasteiger partial charge in [-0.1, -0.05) is 18.2 Å². The van der Waals surface area contributed by atoms with Crippen LogP contribution < -0.4 is 10.1 Å². The first-order valence-corrected chi connectivity index (χ1v) is 7.22. The number of hydrogen-bond donors (Lipinski definition) is 1. The van der Waals surface area contributed by atoms with E-state index in [0.29, 0.717) is 18.7 Å². The summed E-state index contributed by atoms with van der Waals surface area (Å²) in [5, 5.41) is 2.72. The Bertz CT molecular complexity index is 683. The maximum absolute atomic E-state index is 13.1.